The summed E-state index contributed by atoms with van der Waals surface area (Å²) in [6.45, 7) is 7.34. The number of aromatic nitrogens is 1. The number of nitrogens with zero attached hydrogens (tertiary/aromatic N) is 2. The third kappa shape index (κ3) is 2.28. The molecule has 0 unspecified atom stereocenters. The van der Waals surface area contributed by atoms with E-state index in [9.17, 15) is 4.79 Å². The number of hydrogen-bond acceptors (Lipinski definition) is 3. The Labute approximate surface area is 82.4 Å². The molecule has 0 aliphatic rings. The molecule has 0 spiro atoms. The monoisotopic (exact) mass is 198 g/mol. The summed E-state index contributed by atoms with van der Waals surface area (Å²) in [5, 5.41) is 2.76. The van der Waals surface area contributed by atoms with E-state index in [4.69, 9.17) is 0 Å². The predicted octanol–water partition coefficient (Wildman–Crippen LogP) is 1.93. The fraction of sp³-hybridized carbons (Fsp3) is 0.556. The van der Waals surface area contributed by atoms with Crippen LogP contribution < -0.4 is 0 Å². The van der Waals surface area contributed by atoms with Crippen LogP contribution in [0.2, 0.25) is 0 Å². The first-order chi connectivity index (χ1) is 6.19. The molecule has 0 fully saturated rings. The van der Waals surface area contributed by atoms with Crippen LogP contribution in [-0.2, 0) is 0 Å². The molecule has 0 saturated heterocycles. The first-order valence-electron chi connectivity index (χ1n) is 4.40. The first-order valence-corrected chi connectivity index (χ1v) is 5.28. The molecule has 0 N–H and O–H groups in total. The number of thiazole rings is 1. The molecule has 0 radical (unpaired) electrons. The van der Waals surface area contributed by atoms with Crippen molar-refractivity contribution in [3.8, 4) is 0 Å². The molecule has 1 aromatic rings. The molecule has 3 nitrogen and oxygen atoms in total. The average Bonchev–Trinajstić information content (AvgIpc) is 2.54. The van der Waals surface area contributed by atoms with Gasteiger partial charge in [-0.3, -0.25) is 4.79 Å². The van der Waals surface area contributed by atoms with Crippen molar-refractivity contribution in [2.45, 2.75) is 20.8 Å². The zero-order valence-corrected chi connectivity index (χ0v) is 9.02. The van der Waals surface area contributed by atoms with Crippen molar-refractivity contribution in [1.29, 1.82) is 0 Å². The van der Waals surface area contributed by atoms with Crippen LogP contribution in [0.25, 0.3) is 0 Å². The predicted molar refractivity (Wildman–Crippen MR) is 54.1 cm³/mol. The van der Waals surface area contributed by atoms with Crippen molar-refractivity contribution in [2.75, 3.05) is 13.1 Å². The molecule has 0 aliphatic heterocycles. The third-order valence-electron chi connectivity index (χ3n) is 1.89. The fourth-order valence-electron chi connectivity index (χ4n) is 1.13. The number of carbonyl (C=O) groups is 1. The lowest BCUT2D eigenvalue weighted by Gasteiger charge is -2.16. The van der Waals surface area contributed by atoms with E-state index in [2.05, 4.69) is 4.98 Å². The maximum atomic E-state index is 11.7. The molecular formula is C9H14N2OS. The minimum absolute atomic E-state index is 0.0364. The van der Waals surface area contributed by atoms with Gasteiger partial charge in [0, 0.05) is 18.5 Å². The molecule has 13 heavy (non-hydrogen) atoms. The largest absolute Gasteiger partial charge is 0.338 e. The maximum Gasteiger partial charge on any atom is 0.273 e. The average molecular weight is 198 g/mol. The Morgan fingerprint density at radius 2 is 2.15 bits per heavy atom. The first kappa shape index (κ1) is 10.2. The molecule has 0 aliphatic carbocycles. The molecule has 0 aromatic carbocycles. The van der Waals surface area contributed by atoms with Crippen LogP contribution >= 0.6 is 11.3 Å². The van der Waals surface area contributed by atoms with E-state index < -0.39 is 0 Å². The Hall–Kier alpha value is -0.900. The van der Waals surface area contributed by atoms with E-state index >= 15 is 0 Å². The van der Waals surface area contributed by atoms with Crippen LogP contribution in [0.15, 0.2) is 5.38 Å². The number of rotatable bonds is 3. The second-order valence-corrected chi connectivity index (χ2v) is 3.79. The van der Waals surface area contributed by atoms with Gasteiger partial charge in [-0.15, -0.1) is 11.3 Å². The molecular weight excluding hydrogens is 184 g/mol. The molecule has 1 aromatic heterocycles. The highest BCUT2D eigenvalue weighted by atomic mass is 32.1. The van der Waals surface area contributed by atoms with Gasteiger partial charge in [0.15, 0.2) is 0 Å². The highest BCUT2D eigenvalue weighted by molar-refractivity contribution is 7.09. The van der Waals surface area contributed by atoms with Crippen LogP contribution in [0.5, 0.6) is 0 Å². The SMILES string of the molecule is CCN(CC)C(=O)c1csc(C)n1. The van der Waals surface area contributed by atoms with Gasteiger partial charge >= 0.3 is 0 Å². The van der Waals surface area contributed by atoms with Gasteiger partial charge in [0.1, 0.15) is 5.69 Å². The molecule has 1 amide bonds. The summed E-state index contributed by atoms with van der Waals surface area (Å²) in [7, 11) is 0. The second-order valence-electron chi connectivity index (χ2n) is 2.73. The third-order valence-corrected chi connectivity index (χ3v) is 2.66. The molecule has 0 bridgehead atoms. The standard InChI is InChI=1S/C9H14N2OS/c1-4-11(5-2)9(12)8-6-13-7(3)10-8/h6H,4-5H2,1-3H3. The zero-order chi connectivity index (χ0) is 9.84. The minimum Gasteiger partial charge on any atom is -0.338 e. The lowest BCUT2D eigenvalue weighted by atomic mass is 10.4. The van der Waals surface area contributed by atoms with Crippen LogP contribution in [0.3, 0.4) is 0 Å². The van der Waals surface area contributed by atoms with Gasteiger partial charge in [0.25, 0.3) is 5.91 Å². The number of aryl methyl sites for hydroxylation is 1. The lowest BCUT2D eigenvalue weighted by molar-refractivity contribution is 0.0768. The zero-order valence-electron chi connectivity index (χ0n) is 8.20. The van der Waals surface area contributed by atoms with E-state index in [-0.39, 0.29) is 5.91 Å². The Morgan fingerprint density at radius 3 is 2.54 bits per heavy atom. The van der Waals surface area contributed by atoms with Gasteiger partial charge in [-0.05, 0) is 20.8 Å². The van der Waals surface area contributed by atoms with Crippen LogP contribution in [0, 0.1) is 6.92 Å². The normalized spacial score (nSPS) is 10.1. The molecule has 0 saturated carbocycles. The molecule has 4 heteroatoms. The highest BCUT2D eigenvalue weighted by Gasteiger charge is 2.14. The van der Waals surface area contributed by atoms with Gasteiger partial charge < -0.3 is 4.90 Å². The smallest absolute Gasteiger partial charge is 0.273 e. The van der Waals surface area contributed by atoms with Crippen LogP contribution in [-0.4, -0.2) is 28.9 Å². The number of amides is 1. The maximum absolute atomic E-state index is 11.7. The number of carbonyl (C=O) groups excluding carboxylic acids is 1. The Bertz CT molecular complexity index is 292. The topological polar surface area (TPSA) is 33.2 Å². The van der Waals surface area contributed by atoms with Crippen molar-refractivity contribution in [2.24, 2.45) is 0 Å². The summed E-state index contributed by atoms with van der Waals surface area (Å²) < 4.78 is 0. The number of hydrogen-bond donors (Lipinski definition) is 0. The van der Waals surface area contributed by atoms with Crippen LogP contribution in [0.4, 0.5) is 0 Å². The molecule has 1 heterocycles. The van der Waals surface area contributed by atoms with E-state index in [0.29, 0.717) is 5.69 Å². The van der Waals surface area contributed by atoms with Crippen LogP contribution in [0.1, 0.15) is 29.3 Å². The fourth-order valence-corrected chi connectivity index (χ4v) is 1.72. The lowest BCUT2D eigenvalue weighted by Crippen LogP contribution is -2.30. The van der Waals surface area contributed by atoms with Gasteiger partial charge in [-0.25, -0.2) is 4.98 Å². The second kappa shape index (κ2) is 4.37. The molecule has 0 atom stereocenters. The van der Waals surface area contributed by atoms with E-state index in [0.717, 1.165) is 18.1 Å². The summed E-state index contributed by atoms with van der Waals surface area (Å²) >= 11 is 1.51. The Balaban J connectivity index is 2.78. The van der Waals surface area contributed by atoms with Gasteiger partial charge in [-0.1, -0.05) is 0 Å². The Kier molecular flexibility index (Phi) is 3.42. The van der Waals surface area contributed by atoms with Gasteiger partial charge in [0.05, 0.1) is 5.01 Å². The quantitative estimate of drug-likeness (QED) is 0.743. The minimum atomic E-state index is 0.0364. The van der Waals surface area contributed by atoms with Crippen molar-refractivity contribution in [3.63, 3.8) is 0 Å². The summed E-state index contributed by atoms with van der Waals surface area (Å²) in [4.78, 5) is 17.6. The highest BCUT2D eigenvalue weighted by Crippen LogP contribution is 2.10. The van der Waals surface area contributed by atoms with Crippen molar-refractivity contribution < 1.29 is 4.79 Å². The molecule has 72 valence electrons. The van der Waals surface area contributed by atoms with Crippen molar-refractivity contribution in [3.05, 3.63) is 16.1 Å². The summed E-state index contributed by atoms with van der Waals surface area (Å²) in [6.07, 6.45) is 0. The van der Waals surface area contributed by atoms with Crippen molar-refractivity contribution in [1.82, 2.24) is 9.88 Å². The van der Waals surface area contributed by atoms with E-state index in [1.54, 1.807) is 4.90 Å². The van der Waals surface area contributed by atoms with Crippen molar-refractivity contribution >= 4 is 17.2 Å². The van der Waals surface area contributed by atoms with Gasteiger partial charge in [-0.2, -0.15) is 0 Å². The van der Waals surface area contributed by atoms with Gasteiger partial charge in [0.2, 0.25) is 0 Å². The summed E-state index contributed by atoms with van der Waals surface area (Å²) in [6, 6.07) is 0. The van der Waals surface area contributed by atoms with E-state index in [1.807, 2.05) is 26.2 Å². The Morgan fingerprint density at radius 1 is 1.54 bits per heavy atom. The summed E-state index contributed by atoms with van der Waals surface area (Å²) in [5.74, 6) is 0.0364. The summed E-state index contributed by atoms with van der Waals surface area (Å²) in [5.41, 5.74) is 0.575. The van der Waals surface area contributed by atoms with E-state index in [1.165, 1.54) is 11.3 Å². The molecule has 1 rings (SSSR count).